The number of nitrogens with zero attached hydrogens (tertiary/aromatic N) is 4. The average Bonchev–Trinajstić information content (AvgIpc) is 3.14. The van der Waals surface area contributed by atoms with Gasteiger partial charge in [-0.1, -0.05) is 30.3 Å². The minimum absolute atomic E-state index is 0.115. The molecule has 1 amide bonds. The quantitative estimate of drug-likeness (QED) is 0.433. The summed E-state index contributed by atoms with van der Waals surface area (Å²) in [6, 6.07) is 16.2. The zero-order valence-electron chi connectivity index (χ0n) is 18.3. The van der Waals surface area contributed by atoms with E-state index in [2.05, 4.69) is 26.9 Å². The number of aryl methyl sites for hydroxylation is 1. The van der Waals surface area contributed by atoms with Crippen molar-refractivity contribution in [3.05, 3.63) is 48.5 Å². The highest BCUT2D eigenvalue weighted by Crippen LogP contribution is 2.28. The lowest BCUT2D eigenvalue weighted by Crippen LogP contribution is -2.38. The van der Waals surface area contributed by atoms with Crippen LogP contribution in [0.25, 0.3) is 33.1 Å². The SMILES string of the molecule is O=C(CCCn1c2ccccc2c2nc3ccccc3nc21)NCCCN1CCOCC1. The molecule has 7 nitrogen and oxygen atoms in total. The molecule has 0 spiro atoms. The Hall–Kier alpha value is -3.03. The van der Waals surface area contributed by atoms with Gasteiger partial charge in [0.1, 0.15) is 5.52 Å². The van der Waals surface area contributed by atoms with Gasteiger partial charge < -0.3 is 14.6 Å². The summed E-state index contributed by atoms with van der Waals surface area (Å²) in [6.07, 6.45) is 2.24. The Morgan fingerprint density at radius 3 is 2.53 bits per heavy atom. The van der Waals surface area contributed by atoms with Crippen molar-refractivity contribution in [3.63, 3.8) is 0 Å². The van der Waals surface area contributed by atoms with Crippen LogP contribution in [0.15, 0.2) is 48.5 Å². The van der Waals surface area contributed by atoms with Crippen LogP contribution in [0, 0.1) is 0 Å². The van der Waals surface area contributed by atoms with Crippen LogP contribution < -0.4 is 5.32 Å². The molecule has 0 saturated carbocycles. The lowest BCUT2D eigenvalue weighted by Gasteiger charge is -2.26. The van der Waals surface area contributed by atoms with Gasteiger partial charge in [-0.2, -0.15) is 0 Å². The van der Waals surface area contributed by atoms with Crippen LogP contribution in [0.4, 0.5) is 0 Å². The number of hydrogen-bond acceptors (Lipinski definition) is 5. The Morgan fingerprint density at radius 1 is 0.938 bits per heavy atom. The second-order valence-electron chi connectivity index (χ2n) is 8.31. The fraction of sp³-hybridized carbons (Fsp3) is 0.400. The van der Waals surface area contributed by atoms with Crippen molar-refractivity contribution in [2.45, 2.75) is 25.8 Å². The number of ether oxygens (including phenoxy) is 1. The first kappa shape index (κ1) is 20.8. The summed E-state index contributed by atoms with van der Waals surface area (Å²) in [6.45, 7) is 6.08. The summed E-state index contributed by atoms with van der Waals surface area (Å²) in [5.41, 5.74) is 4.72. The highest BCUT2D eigenvalue weighted by atomic mass is 16.5. The van der Waals surface area contributed by atoms with Crippen molar-refractivity contribution in [2.24, 2.45) is 0 Å². The Balaban J connectivity index is 1.22. The van der Waals surface area contributed by atoms with E-state index in [-0.39, 0.29) is 5.91 Å². The Labute approximate surface area is 187 Å². The number of para-hydroxylation sites is 3. The van der Waals surface area contributed by atoms with E-state index in [1.54, 1.807) is 0 Å². The summed E-state index contributed by atoms with van der Waals surface area (Å²) in [7, 11) is 0. The van der Waals surface area contributed by atoms with E-state index in [1.165, 1.54) is 0 Å². The molecule has 0 unspecified atom stereocenters. The van der Waals surface area contributed by atoms with Gasteiger partial charge in [0.15, 0.2) is 5.65 Å². The molecule has 0 bridgehead atoms. The van der Waals surface area contributed by atoms with E-state index in [1.807, 2.05) is 36.4 Å². The van der Waals surface area contributed by atoms with Crippen LogP contribution >= 0.6 is 0 Å². The number of nitrogens with one attached hydrogen (secondary N) is 1. The summed E-state index contributed by atoms with van der Waals surface area (Å²) in [4.78, 5) is 24.5. The molecule has 0 aliphatic carbocycles. The molecule has 2 aromatic carbocycles. The van der Waals surface area contributed by atoms with Gasteiger partial charge in [-0.15, -0.1) is 0 Å². The largest absolute Gasteiger partial charge is 0.379 e. The van der Waals surface area contributed by atoms with Crippen LogP contribution in [0.2, 0.25) is 0 Å². The summed E-state index contributed by atoms with van der Waals surface area (Å²) < 4.78 is 7.58. The minimum atomic E-state index is 0.115. The standard InChI is InChI=1S/C25H29N5O2/c31-23(26-12-6-13-29-15-17-32-18-16-29)11-5-14-30-22-10-4-1-7-19(22)24-25(30)28-21-9-3-2-8-20(21)27-24/h1-4,7-10H,5-6,11-18H2,(H,26,31). The molecule has 0 atom stereocenters. The highest BCUT2D eigenvalue weighted by Gasteiger charge is 2.14. The van der Waals surface area contributed by atoms with Gasteiger partial charge in [0.05, 0.1) is 29.8 Å². The van der Waals surface area contributed by atoms with E-state index < -0.39 is 0 Å². The smallest absolute Gasteiger partial charge is 0.220 e. The molecular formula is C25H29N5O2. The molecule has 0 radical (unpaired) electrons. The van der Waals surface area contributed by atoms with Gasteiger partial charge in [-0.25, -0.2) is 9.97 Å². The molecule has 4 aromatic rings. The molecule has 166 valence electrons. The second-order valence-corrected chi connectivity index (χ2v) is 8.31. The van der Waals surface area contributed by atoms with Crippen molar-refractivity contribution in [1.29, 1.82) is 0 Å². The summed E-state index contributed by atoms with van der Waals surface area (Å²) in [5.74, 6) is 0.115. The van der Waals surface area contributed by atoms with Crippen molar-refractivity contribution in [3.8, 4) is 0 Å². The molecule has 32 heavy (non-hydrogen) atoms. The zero-order chi connectivity index (χ0) is 21.8. The van der Waals surface area contributed by atoms with Crippen molar-refractivity contribution < 1.29 is 9.53 Å². The number of carbonyl (C=O) groups is 1. The number of hydrogen-bond donors (Lipinski definition) is 1. The molecule has 1 aliphatic heterocycles. The van der Waals surface area contributed by atoms with Crippen molar-refractivity contribution in [1.82, 2.24) is 24.8 Å². The van der Waals surface area contributed by atoms with E-state index >= 15 is 0 Å². The topological polar surface area (TPSA) is 72.3 Å². The van der Waals surface area contributed by atoms with Gasteiger partial charge in [0.25, 0.3) is 0 Å². The number of rotatable bonds is 8. The van der Waals surface area contributed by atoms with E-state index in [0.717, 1.165) is 91.9 Å². The minimum Gasteiger partial charge on any atom is -0.379 e. The first-order valence-electron chi connectivity index (χ1n) is 11.5. The van der Waals surface area contributed by atoms with Crippen LogP contribution in [0.3, 0.4) is 0 Å². The third-order valence-corrected chi connectivity index (χ3v) is 6.12. The van der Waals surface area contributed by atoms with Gasteiger partial charge in [0.2, 0.25) is 5.91 Å². The fourth-order valence-corrected chi connectivity index (χ4v) is 4.45. The van der Waals surface area contributed by atoms with Crippen molar-refractivity contribution >= 4 is 39.0 Å². The van der Waals surface area contributed by atoms with Gasteiger partial charge >= 0.3 is 0 Å². The molecule has 1 N–H and O–H groups in total. The number of carbonyl (C=O) groups excluding carboxylic acids is 1. The monoisotopic (exact) mass is 431 g/mol. The Bertz CT molecular complexity index is 1230. The van der Waals surface area contributed by atoms with E-state index in [4.69, 9.17) is 14.7 Å². The molecule has 5 rings (SSSR count). The summed E-state index contributed by atoms with van der Waals surface area (Å²) >= 11 is 0. The van der Waals surface area contributed by atoms with Crippen LogP contribution in [0.5, 0.6) is 0 Å². The predicted octanol–water partition coefficient (Wildman–Crippen LogP) is 3.36. The molecule has 7 heteroatoms. The molecule has 2 aromatic heterocycles. The van der Waals surface area contributed by atoms with E-state index in [9.17, 15) is 4.79 Å². The number of fused-ring (bicyclic) bond motifs is 4. The summed E-state index contributed by atoms with van der Waals surface area (Å²) in [5, 5.41) is 4.17. The fourth-order valence-electron chi connectivity index (χ4n) is 4.45. The van der Waals surface area contributed by atoms with Crippen molar-refractivity contribution in [2.75, 3.05) is 39.4 Å². The second kappa shape index (κ2) is 9.63. The maximum absolute atomic E-state index is 12.3. The number of amides is 1. The van der Waals surface area contributed by atoms with Gasteiger partial charge in [-0.3, -0.25) is 9.69 Å². The van der Waals surface area contributed by atoms with E-state index in [0.29, 0.717) is 6.42 Å². The normalized spacial score (nSPS) is 15.0. The molecule has 1 aliphatic rings. The van der Waals surface area contributed by atoms with Gasteiger partial charge in [-0.05, 0) is 37.6 Å². The van der Waals surface area contributed by atoms with Crippen LogP contribution in [-0.4, -0.2) is 64.7 Å². The predicted molar refractivity (Wildman–Crippen MR) is 127 cm³/mol. The lowest BCUT2D eigenvalue weighted by molar-refractivity contribution is -0.121. The lowest BCUT2D eigenvalue weighted by atomic mass is 10.2. The van der Waals surface area contributed by atoms with Crippen LogP contribution in [0.1, 0.15) is 19.3 Å². The highest BCUT2D eigenvalue weighted by molar-refractivity contribution is 6.06. The number of aromatic nitrogens is 3. The molecule has 1 saturated heterocycles. The Morgan fingerprint density at radius 2 is 1.69 bits per heavy atom. The number of benzene rings is 2. The number of morpholine rings is 1. The average molecular weight is 432 g/mol. The van der Waals surface area contributed by atoms with Crippen LogP contribution in [-0.2, 0) is 16.1 Å². The first-order valence-corrected chi connectivity index (χ1v) is 11.5. The third kappa shape index (κ3) is 4.45. The van der Waals surface area contributed by atoms with Gasteiger partial charge in [0, 0.05) is 38.0 Å². The molecule has 1 fully saturated rings. The Kier molecular flexibility index (Phi) is 6.27. The molecular weight excluding hydrogens is 402 g/mol. The zero-order valence-corrected chi connectivity index (χ0v) is 18.3. The third-order valence-electron chi connectivity index (χ3n) is 6.12. The molecule has 3 heterocycles. The first-order chi connectivity index (χ1) is 15.8. The maximum Gasteiger partial charge on any atom is 0.220 e. The maximum atomic E-state index is 12.3.